The van der Waals surface area contributed by atoms with Crippen molar-refractivity contribution in [2.45, 2.75) is 63.9 Å². The number of aromatic nitrogens is 2. The molecule has 2 aliphatic carbocycles. The number of rotatable bonds is 7. The summed E-state index contributed by atoms with van der Waals surface area (Å²) in [4.78, 5) is 21.1. The standard InChI is InChI=1S/C35H33FN2O4/c1-19-12-22(30-17-37-29(16-38-30)21-4-5-21)13-20(2)34(19)26-8-10-28(36)35-27(26)9-11-31(35)42-24-6-7-25-23(14-33(39)40-3)18-41-32(25)15-24/h6-8,10,12-13,15-17,21,23,31H,4-5,9,11,14,18H2,1-3H3/t23-,31-/m1/s1. The third-order valence-corrected chi connectivity index (χ3v) is 8.83. The second kappa shape index (κ2) is 10.5. The highest BCUT2D eigenvalue weighted by Gasteiger charge is 2.32. The highest BCUT2D eigenvalue weighted by Crippen LogP contribution is 2.45. The van der Waals surface area contributed by atoms with Crippen molar-refractivity contribution in [3.63, 3.8) is 0 Å². The number of nitrogens with zero attached hydrogens (tertiary/aromatic N) is 2. The van der Waals surface area contributed by atoms with Crippen LogP contribution < -0.4 is 9.47 Å². The van der Waals surface area contributed by atoms with Gasteiger partial charge in [0.2, 0.25) is 0 Å². The van der Waals surface area contributed by atoms with Gasteiger partial charge in [0.25, 0.3) is 0 Å². The first-order chi connectivity index (χ1) is 20.4. The molecular formula is C35H33FN2O4. The van der Waals surface area contributed by atoms with Gasteiger partial charge in [-0.3, -0.25) is 14.8 Å². The van der Waals surface area contributed by atoms with Crippen molar-refractivity contribution < 1.29 is 23.4 Å². The largest absolute Gasteiger partial charge is 0.492 e. The van der Waals surface area contributed by atoms with Crippen LogP contribution in [0, 0.1) is 19.7 Å². The summed E-state index contributed by atoms with van der Waals surface area (Å²) in [7, 11) is 1.39. The van der Waals surface area contributed by atoms with E-state index in [0.29, 0.717) is 36.0 Å². The zero-order chi connectivity index (χ0) is 29.0. The van der Waals surface area contributed by atoms with Gasteiger partial charge >= 0.3 is 5.97 Å². The normalized spacial score (nSPS) is 18.8. The van der Waals surface area contributed by atoms with Crippen LogP contribution in [0.5, 0.6) is 11.5 Å². The fourth-order valence-electron chi connectivity index (χ4n) is 6.59. The molecule has 1 aliphatic heterocycles. The van der Waals surface area contributed by atoms with Crippen LogP contribution in [0.15, 0.2) is 54.9 Å². The van der Waals surface area contributed by atoms with E-state index in [9.17, 15) is 4.79 Å². The molecule has 0 bridgehead atoms. The van der Waals surface area contributed by atoms with Gasteiger partial charge in [-0.05, 0) is 91.6 Å². The summed E-state index contributed by atoms with van der Waals surface area (Å²) >= 11 is 0. The van der Waals surface area contributed by atoms with Gasteiger partial charge in [-0.1, -0.05) is 12.1 Å². The predicted octanol–water partition coefficient (Wildman–Crippen LogP) is 7.55. The molecule has 3 aromatic carbocycles. The number of fused-ring (bicyclic) bond motifs is 2. The van der Waals surface area contributed by atoms with E-state index in [-0.39, 0.29) is 24.1 Å². The SMILES string of the molecule is COC(=O)C[C@@H]1COc2cc(O[C@@H]3CCc4c(-c5c(C)cc(-c6cnc(C7CC7)cn6)cc5C)ccc(F)c43)ccc21. The maximum absolute atomic E-state index is 15.4. The molecular weight excluding hydrogens is 531 g/mol. The summed E-state index contributed by atoms with van der Waals surface area (Å²) in [5.41, 5.74) is 10.00. The Morgan fingerprint density at radius 3 is 2.55 bits per heavy atom. The number of carbonyl (C=O) groups is 1. The van der Waals surface area contributed by atoms with Gasteiger partial charge in [0.05, 0.1) is 37.7 Å². The Kier molecular flexibility index (Phi) is 6.68. The first-order valence-corrected chi connectivity index (χ1v) is 14.6. The Labute approximate surface area is 244 Å². The molecule has 0 radical (unpaired) electrons. The van der Waals surface area contributed by atoms with E-state index in [0.717, 1.165) is 56.8 Å². The molecule has 2 atom stereocenters. The molecule has 3 aliphatic rings. The smallest absolute Gasteiger partial charge is 0.306 e. The number of esters is 1. The van der Waals surface area contributed by atoms with E-state index in [2.05, 4.69) is 31.0 Å². The minimum absolute atomic E-state index is 0.0410. The van der Waals surface area contributed by atoms with Gasteiger partial charge in [-0.2, -0.15) is 0 Å². The Balaban J connectivity index is 1.15. The second-order valence-electron chi connectivity index (χ2n) is 11.7. The molecule has 0 amide bonds. The maximum Gasteiger partial charge on any atom is 0.306 e. The van der Waals surface area contributed by atoms with Crippen LogP contribution in [0.2, 0.25) is 0 Å². The lowest BCUT2D eigenvalue weighted by Crippen LogP contribution is -2.09. The molecule has 7 rings (SSSR count). The van der Waals surface area contributed by atoms with Crippen LogP contribution in [0.4, 0.5) is 4.39 Å². The number of halogens is 1. The summed E-state index contributed by atoms with van der Waals surface area (Å²) in [6.07, 6.45) is 7.48. The summed E-state index contributed by atoms with van der Waals surface area (Å²) < 4.78 is 32.4. The van der Waals surface area contributed by atoms with Gasteiger partial charge < -0.3 is 14.2 Å². The van der Waals surface area contributed by atoms with Crippen LogP contribution in [0.25, 0.3) is 22.4 Å². The highest BCUT2D eigenvalue weighted by atomic mass is 19.1. The Morgan fingerprint density at radius 1 is 1.02 bits per heavy atom. The van der Waals surface area contributed by atoms with Crippen molar-refractivity contribution in [1.29, 1.82) is 0 Å². The van der Waals surface area contributed by atoms with Crippen molar-refractivity contribution in [2.24, 2.45) is 0 Å². The zero-order valence-corrected chi connectivity index (χ0v) is 24.1. The van der Waals surface area contributed by atoms with Crippen molar-refractivity contribution in [3.8, 4) is 33.9 Å². The van der Waals surface area contributed by atoms with E-state index in [1.54, 1.807) is 6.07 Å². The van der Waals surface area contributed by atoms with Gasteiger partial charge in [0, 0.05) is 40.8 Å². The molecule has 7 heteroatoms. The molecule has 0 unspecified atom stereocenters. The fourth-order valence-corrected chi connectivity index (χ4v) is 6.59. The van der Waals surface area contributed by atoms with Gasteiger partial charge in [-0.15, -0.1) is 0 Å². The molecule has 42 heavy (non-hydrogen) atoms. The molecule has 0 N–H and O–H groups in total. The minimum Gasteiger partial charge on any atom is -0.492 e. The van der Waals surface area contributed by atoms with E-state index in [4.69, 9.17) is 19.2 Å². The number of methoxy groups -OCH3 is 1. The molecule has 6 nitrogen and oxygen atoms in total. The van der Waals surface area contributed by atoms with E-state index >= 15 is 4.39 Å². The summed E-state index contributed by atoms with van der Waals surface area (Å²) in [6, 6.07) is 13.4. The first-order valence-electron chi connectivity index (χ1n) is 14.6. The van der Waals surface area contributed by atoms with E-state index in [1.807, 2.05) is 36.7 Å². The summed E-state index contributed by atoms with van der Waals surface area (Å²) in [6.45, 7) is 4.64. The quantitative estimate of drug-likeness (QED) is 0.216. The lowest BCUT2D eigenvalue weighted by Gasteiger charge is -2.19. The zero-order valence-electron chi connectivity index (χ0n) is 24.1. The lowest BCUT2D eigenvalue weighted by molar-refractivity contribution is -0.141. The van der Waals surface area contributed by atoms with E-state index < -0.39 is 6.10 Å². The molecule has 1 fully saturated rings. The summed E-state index contributed by atoms with van der Waals surface area (Å²) in [5.74, 6) is 1.35. The summed E-state index contributed by atoms with van der Waals surface area (Å²) in [5, 5.41) is 0. The minimum atomic E-state index is -0.398. The van der Waals surface area contributed by atoms with Crippen LogP contribution in [-0.2, 0) is 16.0 Å². The molecule has 4 aromatic rings. The van der Waals surface area contributed by atoms with Gasteiger partial charge in [0.15, 0.2) is 0 Å². The first kappa shape index (κ1) is 26.6. The van der Waals surface area contributed by atoms with Crippen LogP contribution in [0.3, 0.4) is 0 Å². The average molecular weight is 565 g/mol. The lowest BCUT2D eigenvalue weighted by atomic mass is 9.88. The molecule has 1 aromatic heterocycles. The average Bonchev–Trinajstić information content (AvgIpc) is 3.65. The monoisotopic (exact) mass is 564 g/mol. The Hall–Kier alpha value is -4.26. The number of hydrogen-bond donors (Lipinski definition) is 0. The number of benzene rings is 3. The number of hydrogen-bond acceptors (Lipinski definition) is 6. The Morgan fingerprint density at radius 2 is 1.83 bits per heavy atom. The Bertz CT molecular complexity index is 1670. The van der Waals surface area contributed by atoms with Gasteiger partial charge in [-0.25, -0.2) is 4.39 Å². The van der Waals surface area contributed by atoms with Crippen molar-refractivity contribution >= 4 is 5.97 Å². The second-order valence-corrected chi connectivity index (χ2v) is 11.7. The number of aryl methyl sites for hydroxylation is 2. The third-order valence-electron chi connectivity index (χ3n) is 8.83. The third kappa shape index (κ3) is 4.81. The van der Waals surface area contributed by atoms with E-state index in [1.165, 1.54) is 20.0 Å². The fraction of sp³-hybridized carbons (Fsp3) is 0.343. The molecule has 0 saturated heterocycles. The van der Waals surface area contributed by atoms with Crippen LogP contribution >= 0.6 is 0 Å². The van der Waals surface area contributed by atoms with Crippen molar-refractivity contribution in [3.05, 3.63) is 94.2 Å². The van der Waals surface area contributed by atoms with Crippen LogP contribution in [0.1, 0.15) is 77.1 Å². The van der Waals surface area contributed by atoms with Crippen molar-refractivity contribution in [1.82, 2.24) is 9.97 Å². The maximum atomic E-state index is 15.4. The van der Waals surface area contributed by atoms with Crippen LogP contribution in [-0.4, -0.2) is 29.7 Å². The molecule has 0 spiro atoms. The topological polar surface area (TPSA) is 70.5 Å². The number of carbonyl (C=O) groups excluding carboxylic acids is 1. The molecule has 214 valence electrons. The highest BCUT2D eigenvalue weighted by molar-refractivity contribution is 5.79. The van der Waals surface area contributed by atoms with Crippen molar-refractivity contribution in [2.75, 3.05) is 13.7 Å². The number of ether oxygens (including phenoxy) is 3. The molecule has 1 saturated carbocycles. The molecule has 2 heterocycles. The predicted molar refractivity (Wildman–Crippen MR) is 157 cm³/mol. The van der Waals surface area contributed by atoms with Gasteiger partial charge in [0.1, 0.15) is 23.4 Å².